The molecule has 0 aromatic carbocycles. The van der Waals surface area contributed by atoms with Crippen molar-refractivity contribution in [3.05, 3.63) is 0 Å². The third kappa shape index (κ3) is 2.76. The topological polar surface area (TPSA) is 12.0 Å². The standard InChI is InChI=1S/C17H31N/c1-12-4-3-5-15(8-12)11-18-13(2)17-10-14-6-7-16(17)9-14/h12-18H,3-11H2,1-2H3. The molecule has 0 aromatic rings. The zero-order valence-corrected chi connectivity index (χ0v) is 12.3. The van der Waals surface area contributed by atoms with Gasteiger partial charge in [0.15, 0.2) is 0 Å². The predicted molar refractivity (Wildman–Crippen MR) is 77.5 cm³/mol. The van der Waals surface area contributed by atoms with Gasteiger partial charge < -0.3 is 5.32 Å². The minimum absolute atomic E-state index is 0.775. The fraction of sp³-hybridized carbons (Fsp3) is 1.00. The molecule has 3 fully saturated rings. The molecule has 18 heavy (non-hydrogen) atoms. The van der Waals surface area contributed by atoms with E-state index in [1.807, 2.05) is 0 Å². The maximum absolute atomic E-state index is 3.90. The van der Waals surface area contributed by atoms with E-state index in [0.717, 1.165) is 35.6 Å². The Balaban J connectivity index is 1.42. The lowest BCUT2D eigenvalue weighted by Gasteiger charge is -2.32. The highest BCUT2D eigenvalue weighted by molar-refractivity contribution is 4.94. The summed E-state index contributed by atoms with van der Waals surface area (Å²) in [6, 6.07) is 0.775. The van der Waals surface area contributed by atoms with Crippen molar-refractivity contribution in [2.24, 2.45) is 29.6 Å². The van der Waals surface area contributed by atoms with Crippen LogP contribution in [0.3, 0.4) is 0 Å². The Morgan fingerprint density at radius 2 is 1.94 bits per heavy atom. The van der Waals surface area contributed by atoms with E-state index in [0.29, 0.717) is 0 Å². The first-order valence-corrected chi connectivity index (χ1v) is 8.45. The van der Waals surface area contributed by atoms with Crippen LogP contribution in [0.5, 0.6) is 0 Å². The molecule has 1 heteroatoms. The second-order valence-corrected chi connectivity index (χ2v) is 7.67. The molecule has 0 heterocycles. The number of fused-ring (bicyclic) bond motifs is 2. The van der Waals surface area contributed by atoms with E-state index in [2.05, 4.69) is 19.2 Å². The molecule has 0 radical (unpaired) electrons. The minimum atomic E-state index is 0.775. The molecule has 1 N–H and O–H groups in total. The van der Waals surface area contributed by atoms with Gasteiger partial charge >= 0.3 is 0 Å². The van der Waals surface area contributed by atoms with Gasteiger partial charge in [0.25, 0.3) is 0 Å². The summed E-state index contributed by atoms with van der Waals surface area (Å²) >= 11 is 0. The van der Waals surface area contributed by atoms with Crippen LogP contribution in [0.1, 0.15) is 65.2 Å². The summed E-state index contributed by atoms with van der Waals surface area (Å²) in [5, 5.41) is 3.90. The summed E-state index contributed by atoms with van der Waals surface area (Å²) < 4.78 is 0. The van der Waals surface area contributed by atoms with Crippen LogP contribution in [0.15, 0.2) is 0 Å². The monoisotopic (exact) mass is 249 g/mol. The van der Waals surface area contributed by atoms with Gasteiger partial charge in [-0.05, 0) is 75.2 Å². The van der Waals surface area contributed by atoms with E-state index in [9.17, 15) is 0 Å². The normalized spacial score (nSPS) is 45.3. The molecule has 3 rings (SSSR count). The van der Waals surface area contributed by atoms with Crippen LogP contribution in [-0.4, -0.2) is 12.6 Å². The van der Waals surface area contributed by atoms with Gasteiger partial charge in [0.1, 0.15) is 0 Å². The molecule has 2 bridgehead atoms. The molecule has 6 unspecified atom stereocenters. The van der Waals surface area contributed by atoms with Crippen molar-refractivity contribution in [2.45, 2.75) is 71.3 Å². The minimum Gasteiger partial charge on any atom is -0.314 e. The lowest BCUT2D eigenvalue weighted by atomic mass is 9.81. The predicted octanol–water partition coefficient (Wildman–Crippen LogP) is 4.23. The number of nitrogens with one attached hydrogen (secondary N) is 1. The third-order valence-electron chi connectivity index (χ3n) is 6.21. The van der Waals surface area contributed by atoms with Gasteiger partial charge in [-0.25, -0.2) is 0 Å². The lowest BCUT2D eigenvalue weighted by Crippen LogP contribution is -2.39. The Bertz CT molecular complexity index is 275. The van der Waals surface area contributed by atoms with Crippen LogP contribution in [-0.2, 0) is 0 Å². The second kappa shape index (κ2) is 5.53. The average molecular weight is 249 g/mol. The highest BCUT2D eigenvalue weighted by Gasteiger charge is 2.41. The Kier molecular flexibility index (Phi) is 3.98. The maximum atomic E-state index is 3.90. The van der Waals surface area contributed by atoms with Crippen molar-refractivity contribution in [1.29, 1.82) is 0 Å². The van der Waals surface area contributed by atoms with Crippen molar-refractivity contribution >= 4 is 0 Å². The fourth-order valence-electron chi connectivity index (χ4n) is 5.16. The molecule has 0 saturated heterocycles. The van der Waals surface area contributed by atoms with Crippen molar-refractivity contribution in [3.63, 3.8) is 0 Å². The van der Waals surface area contributed by atoms with E-state index >= 15 is 0 Å². The van der Waals surface area contributed by atoms with Gasteiger partial charge in [0.05, 0.1) is 0 Å². The van der Waals surface area contributed by atoms with Gasteiger partial charge in [0, 0.05) is 6.04 Å². The smallest absolute Gasteiger partial charge is 0.00698 e. The summed E-state index contributed by atoms with van der Waals surface area (Å²) in [4.78, 5) is 0. The second-order valence-electron chi connectivity index (χ2n) is 7.67. The van der Waals surface area contributed by atoms with E-state index in [1.165, 1.54) is 51.5 Å². The third-order valence-corrected chi connectivity index (χ3v) is 6.21. The maximum Gasteiger partial charge on any atom is 0.00698 e. The van der Waals surface area contributed by atoms with Crippen LogP contribution < -0.4 is 5.32 Å². The first-order valence-electron chi connectivity index (χ1n) is 8.45. The number of hydrogen-bond acceptors (Lipinski definition) is 1. The van der Waals surface area contributed by atoms with E-state index in [1.54, 1.807) is 6.42 Å². The summed E-state index contributed by atoms with van der Waals surface area (Å²) in [7, 11) is 0. The van der Waals surface area contributed by atoms with Gasteiger partial charge in [-0.1, -0.05) is 26.2 Å². The van der Waals surface area contributed by atoms with Crippen molar-refractivity contribution in [3.8, 4) is 0 Å². The molecule has 3 aliphatic carbocycles. The van der Waals surface area contributed by atoms with Crippen molar-refractivity contribution in [1.82, 2.24) is 5.32 Å². The van der Waals surface area contributed by atoms with Gasteiger partial charge in [-0.2, -0.15) is 0 Å². The summed E-state index contributed by atoms with van der Waals surface area (Å²) in [6.45, 7) is 6.18. The SMILES string of the molecule is CC1CCCC(CNC(C)C2CC3CCC2C3)C1. The highest BCUT2D eigenvalue weighted by Crippen LogP contribution is 2.49. The summed E-state index contributed by atoms with van der Waals surface area (Å²) in [5.74, 6) is 5.12. The summed E-state index contributed by atoms with van der Waals surface area (Å²) in [5.41, 5.74) is 0. The highest BCUT2D eigenvalue weighted by atomic mass is 14.9. The Morgan fingerprint density at radius 1 is 1.06 bits per heavy atom. The lowest BCUT2D eigenvalue weighted by molar-refractivity contribution is 0.226. The number of rotatable bonds is 4. The molecule has 0 aromatic heterocycles. The molecule has 0 aliphatic heterocycles. The first-order chi connectivity index (χ1) is 8.72. The van der Waals surface area contributed by atoms with Crippen LogP contribution in [0.2, 0.25) is 0 Å². The first kappa shape index (κ1) is 13.0. The van der Waals surface area contributed by atoms with Crippen LogP contribution in [0, 0.1) is 29.6 Å². The quantitative estimate of drug-likeness (QED) is 0.786. The van der Waals surface area contributed by atoms with E-state index < -0.39 is 0 Å². The molecule has 0 amide bonds. The Hall–Kier alpha value is -0.0400. The molecule has 3 saturated carbocycles. The largest absolute Gasteiger partial charge is 0.314 e. The van der Waals surface area contributed by atoms with Crippen LogP contribution in [0.4, 0.5) is 0 Å². The Labute approximate surface area is 113 Å². The summed E-state index contributed by atoms with van der Waals surface area (Å²) in [6.07, 6.45) is 12.0. The van der Waals surface area contributed by atoms with Crippen molar-refractivity contribution < 1.29 is 0 Å². The van der Waals surface area contributed by atoms with E-state index in [4.69, 9.17) is 0 Å². The molecular weight excluding hydrogens is 218 g/mol. The molecule has 1 nitrogen and oxygen atoms in total. The fourth-order valence-corrected chi connectivity index (χ4v) is 5.16. The number of hydrogen-bond donors (Lipinski definition) is 1. The van der Waals surface area contributed by atoms with Crippen LogP contribution >= 0.6 is 0 Å². The van der Waals surface area contributed by atoms with E-state index in [-0.39, 0.29) is 0 Å². The van der Waals surface area contributed by atoms with Gasteiger partial charge in [-0.15, -0.1) is 0 Å². The van der Waals surface area contributed by atoms with Crippen molar-refractivity contribution in [2.75, 3.05) is 6.54 Å². The molecule has 3 aliphatic rings. The molecule has 104 valence electrons. The van der Waals surface area contributed by atoms with Gasteiger partial charge in [0.2, 0.25) is 0 Å². The van der Waals surface area contributed by atoms with Gasteiger partial charge in [-0.3, -0.25) is 0 Å². The van der Waals surface area contributed by atoms with Crippen LogP contribution in [0.25, 0.3) is 0 Å². The Morgan fingerprint density at radius 3 is 2.61 bits per heavy atom. The molecular formula is C17H31N. The molecule has 6 atom stereocenters. The average Bonchev–Trinajstić information content (AvgIpc) is 2.98. The molecule has 0 spiro atoms. The zero-order chi connectivity index (χ0) is 12.5. The zero-order valence-electron chi connectivity index (χ0n) is 12.3.